The molecule has 6 nitrogen and oxygen atoms in total. The SMILES string of the molecule is NC(=NO)C1(NC(=O)CCOCC(F)F)CCCCC1. The Morgan fingerprint density at radius 2 is 2.05 bits per heavy atom. The molecular formula is C12H21F2N3O3. The predicted molar refractivity (Wildman–Crippen MR) is 68.8 cm³/mol. The zero-order valence-corrected chi connectivity index (χ0v) is 11.3. The average molecular weight is 293 g/mol. The first-order valence-corrected chi connectivity index (χ1v) is 6.65. The quantitative estimate of drug-likeness (QED) is 0.216. The van der Waals surface area contributed by atoms with Gasteiger partial charge in [-0.05, 0) is 12.8 Å². The van der Waals surface area contributed by atoms with Crippen molar-refractivity contribution in [1.82, 2.24) is 5.32 Å². The largest absolute Gasteiger partial charge is 0.409 e. The van der Waals surface area contributed by atoms with Gasteiger partial charge in [-0.15, -0.1) is 0 Å². The number of nitrogens with two attached hydrogens (primary N) is 1. The second-order valence-corrected chi connectivity index (χ2v) is 4.89. The highest BCUT2D eigenvalue weighted by molar-refractivity contribution is 5.94. The Hall–Kier alpha value is -1.44. The van der Waals surface area contributed by atoms with E-state index in [9.17, 15) is 13.6 Å². The minimum absolute atomic E-state index is 0.0148. The third-order valence-corrected chi connectivity index (χ3v) is 3.40. The first-order valence-electron chi connectivity index (χ1n) is 6.65. The fourth-order valence-electron chi connectivity index (χ4n) is 2.36. The lowest BCUT2D eigenvalue weighted by atomic mass is 9.80. The summed E-state index contributed by atoms with van der Waals surface area (Å²) >= 11 is 0. The first kappa shape index (κ1) is 16.6. The van der Waals surface area contributed by atoms with Gasteiger partial charge in [0.25, 0.3) is 6.43 Å². The highest BCUT2D eigenvalue weighted by atomic mass is 19.3. The lowest BCUT2D eigenvalue weighted by Gasteiger charge is -2.36. The summed E-state index contributed by atoms with van der Waals surface area (Å²) in [5.41, 5.74) is 4.85. The molecule has 20 heavy (non-hydrogen) atoms. The molecule has 0 aromatic heterocycles. The number of carbonyl (C=O) groups excluding carboxylic acids is 1. The summed E-state index contributed by atoms with van der Waals surface area (Å²) in [4.78, 5) is 11.8. The molecule has 0 aliphatic heterocycles. The van der Waals surface area contributed by atoms with Crippen LogP contribution < -0.4 is 11.1 Å². The van der Waals surface area contributed by atoms with Crippen LogP contribution in [0.5, 0.6) is 0 Å². The molecule has 1 saturated carbocycles. The maximum absolute atomic E-state index is 11.9. The maximum Gasteiger partial charge on any atom is 0.261 e. The summed E-state index contributed by atoms with van der Waals surface area (Å²) in [5.74, 6) is -0.369. The number of amides is 1. The van der Waals surface area contributed by atoms with Crippen LogP contribution in [0.1, 0.15) is 38.5 Å². The summed E-state index contributed by atoms with van der Waals surface area (Å²) in [6.45, 7) is -0.763. The van der Waals surface area contributed by atoms with Gasteiger partial charge in [-0.2, -0.15) is 0 Å². The molecule has 0 heterocycles. The topological polar surface area (TPSA) is 96.9 Å². The number of nitrogens with one attached hydrogen (secondary N) is 1. The van der Waals surface area contributed by atoms with Gasteiger partial charge in [0.15, 0.2) is 5.84 Å². The highest BCUT2D eigenvalue weighted by Gasteiger charge is 2.37. The lowest BCUT2D eigenvalue weighted by Crippen LogP contribution is -2.58. The molecule has 1 rings (SSSR count). The molecule has 0 atom stereocenters. The van der Waals surface area contributed by atoms with Gasteiger partial charge >= 0.3 is 0 Å². The molecular weight excluding hydrogens is 272 g/mol. The lowest BCUT2D eigenvalue weighted by molar-refractivity contribution is -0.124. The summed E-state index contributed by atoms with van der Waals surface area (Å²) in [7, 11) is 0. The van der Waals surface area contributed by atoms with Crippen molar-refractivity contribution in [3.63, 3.8) is 0 Å². The third kappa shape index (κ3) is 4.92. The van der Waals surface area contributed by atoms with E-state index >= 15 is 0 Å². The van der Waals surface area contributed by atoms with Gasteiger partial charge in [0, 0.05) is 6.42 Å². The van der Waals surface area contributed by atoms with Crippen molar-refractivity contribution in [2.75, 3.05) is 13.2 Å². The molecule has 0 aromatic rings. The maximum atomic E-state index is 11.9. The van der Waals surface area contributed by atoms with Crippen molar-refractivity contribution >= 4 is 11.7 Å². The molecule has 4 N–H and O–H groups in total. The Bertz CT molecular complexity index is 345. The van der Waals surface area contributed by atoms with E-state index in [0.29, 0.717) is 12.8 Å². The van der Waals surface area contributed by atoms with Gasteiger partial charge in [0.2, 0.25) is 5.91 Å². The van der Waals surface area contributed by atoms with E-state index in [1.165, 1.54) is 0 Å². The van der Waals surface area contributed by atoms with Crippen LogP contribution in [0.2, 0.25) is 0 Å². The number of hydrogen-bond donors (Lipinski definition) is 3. The van der Waals surface area contributed by atoms with E-state index < -0.39 is 18.6 Å². The van der Waals surface area contributed by atoms with Crippen LogP contribution in [-0.2, 0) is 9.53 Å². The van der Waals surface area contributed by atoms with Crippen molar-refractivity contribution in [2.45, 2.75) is 50.5 Å². The smallest absolute Gasteiger partial charge is 0.261 e. The number of hydrogen-bond acceptors (Lipinski definition) is 4. The number of carbonyl (C=O) groups is 1. The standard InChI is InChI=1S/C12H21F2N3O3/c13-9(14)8-20-7-4-10(18)16-12(11(15)17-19)5-2-1-3-6-12/h9,19H,1-8H2,(H2,15,17)(H,16,18). The number of amidine groups is 1. The van der Waals surface area contributed by atoms with E-state index in [1.807, 2.05) is 0 Å². The molecule has 0 saturated heterocycles. The molecule has 0 unspecified atom stereocenters. The number of oxime groups is 1. The highest BCUT2D eigenvalue weighted by Crippen LogP contribution is 2.28. The van der Waals surface area contributed by atoms with E-state index in [4.69, 9.17) is 10.9 Å². The van der Waals surface area contributed by atoms with Gasteiger partial charge in [0.05, 0.1) is 6.61 Å². The Kier molecular flexibility index (Phi) is 6.63. The Balaban J connectivity index is 2.47. The molecule has 0 spiro atoms. The zero-order chi connectivity index (χ0) is 15.0. The zero-order valence-electron chi connectivity index (χ0n) is 11.3. The number of ether oxygens (including phenoxy) is 1. The van der Waals surface area contributed by atoms with Crippen LogP contribution in [-0.4, -0.2) is 42.1 Å². The van der Waals surface area contributed by atoms with Gasteiger partial charge in [0.1, 0.15) is 12.1 Å². The molecule has 0 aromatic carbocycles. The first-order chi connectivity index (χ1) is 9.50. The fraction of sp³-hybridized carbons (Fsp3) is 0.833. The molecule has 1 fully saturated rings. The molecule has 1 amide bonds. The minimum Gasteiger partial charge on any atom is -0.409 e. The van der Waals surface area contributed by atoms with E-state index in [1.54, 1.807) is 0 Å². The van der Waals surface area contributed by atoms with E-state index in [-0.39, 0.29) is 24.8 Å². The number of nitrogens with zero attached hydrogens (tertiary/aromatic N) is 1. The van der Waals surface area contributed by atoms with Crippen LogP contribution in [0.3, 0.4) is 0 Å². The number of halogens is 2. The fourth-order valence-corrected chi connectivity index (χ4v) is 2.36. The van der Waals surface area contributed by atoms with Crippen molar-refractivity contribution in [3.8, 4) is 0 Å². The van der Waals surface area contributed by atoms with E-state index in [2.05, 4.69) is 15.2 Å². The minimum atomic E-state index is -2.54. The van der Waals surface area contributed by atoms with E-state index in [0.717, 1.165) is 19.3 Å². The second kappa shape index (κ2) is 7.98. The van der Waals surface area contributed by atoms with Crippen molar-refractivity contribution in [1.29, 1.82) is 0 Å². The van der Waals surface area contributed by atoms with Crippen molar-refractivity contribution in [3.05, 3.63) is 0 Å². The molecule has 8 heteroatoms. The molecule has 116 valence electrons. The van der Waals surface area contributed by atoms with Gasteiger partial charge < -0.3 is 21.0 Å². The second-order valence-electron chi connectivity index (χ2n) is 4.89. The van der Waals surface area contributed by atoms with Crippen LogP contribution in [0.15, 0.2) is 5.16 Å². The molecule has 0 radical (unpaired) electrons. The van der Waals surface area contributed by atoms with Crippen LogP contribution in [0.25, 0.3) is 0 Å². The normalized spacial score (nSPS) is 19.1. The molecule has 1 aliphatic carbocycles. The van der Waals surface area contributed by atoms with Gasteiger partial charge in [-0.1, -0.05) is 24.4 Å². The number of rotatable bonds is 7. The average Bonchev–Trinajstić information content (AvgIpc) is 2.43. The molecule has 0 bridgehead atoms. The van der Waals surface area contributed by atoms with Crippen LogP contribution in [0, 0.1) is 0 Å². The summed E-state index contributed by atoms with van der Waals surface area (Å²) < 4.78 is 28.4. The van der Waals surface area contributed by atoms with Crippen molar-refractivity contribution in [2.24, 2.45) is 10.9 Å². The number of alkyl halides is 2. The summed E-state index contributed by atoms with van der Waals surface area (Å²) in [5, 5.41) is 14.6. The summed E-state index contributed by atoms with van der Waals surface area (Å²) in [6.07, 6.45) is 1.41. The monoisotopic (exact) mass is 293 g/mol. The van der Waals surface area contributed by atoms with Crippen LogP contribution >= 0.6 is 0 Å². The van der Waals surface area contributed by atoms with Gasteiger partial charge in [-0.25, -0.2) is 8.78 Å². The third-order valence-electron chi connectivity index (χ3n) is 3.40. The van der Waals surface area contributed by atoms with Gasteiger partial charge in [-0.3, -0.25) is 4.79 Å². The molecule has 1 aliphatic rings. The predicted octanol–water partition coefficient (Wildman–Crippen LogP) is 1.22. The Morgan fingerprint density at radius 1 is 1.40 bits per heavy atom. The Labute approximate surface area is 116 Å². The summed E-state index contributed by atoms with van der Waals surface area (Å²) in [6, 6.07) is 0. The Morgan fingerprint density at radius 3 is 2.60 bits per heavy atom. The van der Waals surface area contributed by atoms with Crippen LogP contribution in [0.4, 0.5) is 8.78 Å². The van der Waals surface area contributed by atoms with Crippen molar-refractivity contribution < 1.29 is 23.5 Å².